The number of aromatic nitrogens is 1. The van der Waals surface area contributed by atoms with Gasteiger partial charge in [0.05, 0.1) is 19.8 Å². The van der Waals surface area contributed by atoms with Gasteiger partial charge in [-0.3, -0.25) is 4.90 Å². The quantitative estimate of drug-likeness (QED) is 0.677. The number of aliphatic hydroxyl groups is 1. The molecule has 0 radical (unpaired) electrons. The topological polar surface area (TPSA) is 46.9 Å². The molecule has 1 aliphatic carbocycles. The van der Waals surface area contributed by atoms with E-state index in [0.29, 0.717) is 19.2 Å². The normalized spacial score (nSPS) is 16.4. The molecular weight excluding hydrogens is 352 g/mol. The molecule has 28 heavy (non-hydrogen) atoms. The molecule has 0 bridgehead atoms. The standard InChI is InChI=1S/C23H34N2O3/c1-27-18-22(26)17-25(20-9-4-3-5-10-20)16-21-11-7-13-24(21)15-19-8-6-12-23(14-19)28-2/h6-8,11-14,20,22,26H,3-5,9-10,15-18H2,1-2H3. The van der Waals surface area contributed by atoms with Crippen molar-refractivity contribution >= 4 is 0 Å². The lowest BCUT2D eigenvalue weighted by atomic mass is 9.94. The summed E-state index contributed by atoms with van der Waals surface area (Å²) >= 11 is 0. The Bertz CT molecular complexity index is 709. The number of hydrogen-bond donors (Lipinski definition) is 1. The van der Waals surface area contributed by atoms with E-state index >= 15 is 0 Å². The van der Waals surface area contributed by atoms with Crippen molar-refractivity contribution in [3.63, 3.8) is 0 Å². The molecule has 1 aromatic heterocycles. The Morgan fingerprint density at radius 1 is 1.14 bits per heavy atom. The van der Waals surface area contributed by atoms with Crippen molar-refractivity contribution in [1.29, 1.82) is 0 Å². The van der Waals surface area contributed by atoms with Gasteiger partial charge in [0.1, 0.15) is 5.75 Å². The second-order valence-corrected chi connectivity index (χ2v) is 7.81. The molecular formula is C23H34N2O3. The Kier molecular flexibility index (Phi) is 7.95. The van der Waals surface area contributed by atoms with Crippen molar-refractivity contribution in [2.75, 3.05) is 27.4 Å². The number of rotatable bonds is 10. The summed E-state index contributed by atoms with van der Waals surface area (Å²) < 4.78 is 12.8. The third kappa shape index (κ3) is 5.84. The zero-order valence-corrected chi connectivity index (χ0v) is 17.2. The molecule has 0 aliphatic heterocycles. The van der Waals surface area contributed by atoms with Gasteiger partial charge in [0, 0.05) is 44.7 Å². The van der Waals surface area contributed by atoms with Crippen molar-refractivity contribution < 1.29 is 14.6 Å². The number of hydrogen-bond acceptors (Lipinski definition) is 4. The van der Waals surface area contributed by atoms with Crippen LogP contribution in [0, 0.1) is 0 Å². The zero-order valence-electron chi connectivity index (χ0n) is 17.2. The van der Waals surface area contributed by atoms with Crippen LogP contribution in [0.3, 0.4) is 0 Å². The molecule has 1 fully saturated rings. The van der Waals surface area contributed by atoms with Gasteiger partial charge in [-0.2, -0.15) is 0 Å². The number of methoxy groups -OCH3 is 2. The van der Waals surface area contributed by atoms with Crippen molar-refractivity contribution in [2.24, 2.45) is 0 Å². The second-order valence-electron chi connectivity index (χ2n) is 7.81. The first-order chi connectivity index (χ1) is 13.7. The van der Waals surface area contributed by atoms with Crippen molar-refractivity contribution in [3.8, 4) is 5.75 Å². The fourth-order valence-corrected chi connectivity index (χ4v) is 4.23. The third-order valence-electron chi connectivity index (χ3n) is 5.67. The van der Waals surface area contributed by atoms with Crippen molar-refractivity contribution in [3.05, 3.63) is 53.9 Å². The van der Waals surface area contributed by atoms with Crippen LogP contribution in [0.15, 0.2) is 42.6 Å². The molecule has 5 nitrogen and oxygen atoms in total. The molecule has 3 rings (SSSR count). The largest absolute Gasteiger partial charge is 0.497 e. The van der Waals surface area contributed by atoms with E-state index in [1.165, 1.54) is 43.4 Å². The third-order valence-corrected chi connectivity index (χ3v) is 5.67. The summed E-state index contributed by atoms with van der Waals surface area (Å²) in [5.74, 6) is 0.887. The molecule has 1 saturated carbocycles. The van der Waals surface area contributed by atoms with Crippen LogP contribution < -0.4 is 4.74 Å². The Hall–Kier alpha value is -1.82. The fourth-order valence-electron chi connectivity index (χ4n) is 4.23. The maximum Gasteiger partial charge on any atom is 0.119 e. The van der Waals surface area contributed by atoms with E-state index in [4.69, 9.17) is 9.47 Å². The highest BCUT2D eigenvalue weighted by molar-refractivity contribution is 5.29. The van der Waals surface area contributed by atoms with Gasteiger partial charge in [-0.25, -0.2) is 0 Å². The molecule has 1 aliphatic rings. The smallest absolute Gasteiger partial charge is 0.119 e. The zero-order chi connectivity index (χ0) is 19.8. The molecule has 1 heterocycles. The summed E-state index contributed by atoms with van der Waals surface area (Å²) in [5, 5.41) is 10.4. The van der Waals surface area contributed by atoms with Gasteiger partial charge in [0.25, 0.3) is 0 Å². The summed E-state index contributed by atoms with van der Waals surface area (Å²) in [7, 11) is 3.35. The van der Waals surface area contributed by atoms with Crippen LogP contribution >= 0.6 is 0 Å². The second kappa shape index (κ2) is 10.6. The van der Waals surface area contributed by atoms with Gasteiger partial charge < -0.3 is 19.1 Å². The molecule has 1 unspecified atom stereocenters. The minimum Gasteiger partial charge on any atom is -0.497 e. The van der Waals surface area contributed by atoms with Gasteiger partial charge in [0.2, 0.25) is 0 Å². The van der Waals surface area contributed by atoms with Crippen molar-refractivity contribution in [1.82, 2.24) is 9.47 Å². The minimum atomic E-state index is -0.450. The molecule has 5 heteroatoms. The lowest BCUT2D eigenvalue weighted by Gasteiger charge is -2.35. The Morgan fingerprint density at radius 2 is 1.96 bits per heavy atom. The van der Waals surface area contributed by atoms with E-state index in [1.807, 2.05) is 12.1 Å². The SMILES string of the molecule is COCC(O)CN(Cc1cccn1Cc1cccc(OC)c1)C1CCCCC1. The first-order valence-electron chi connectivity index (χ1n) is 10.4. The van der Waals surface area contributed by atoms with Crippen LogP contribution in [0.25, 0.3) is 0 Å². The summed E-state index contributed by atoms with van der Waals surface area (Å²) in [6.07, 6.45) is 8.02. The predicted molar refractivity (Wildman–Crippen MR) is 112 cm³/mol. The van der Waals surface area contributed by atoms with E-state index in [1.54, 1.807) is 14.2 Å². The molecule has 0 saturated heterocycles. The van der Waals surface area contributed by atoms with Gasteiger partial charge in [-0.05, 0) is 42.7 Å². The number of ether oxygens (including phenoxy) is 2. The molecule has 1 N–H and O–H groups in total. The van der Waals surface area contributed by atoms with Crippen LogP contribution in [-0.2, 0) is 17.8 Å². The fraction of sp³-hybridized carbons (Fsp3) is 0.565. The summed E-state index contributed by atoms with van der Waals surface area (Å²) in [6.45, 7) is 2.71. The van der Waals surface area contributed by atoms with Crippen molar-refractivity contribution in [2.45, 2.75) is 57.3 Å². The van der Waals surface area contributed by atoms with Crippen LogP contribution in [-0.4, -0.2) is 54.1 Å². The molecule has 0 spiro atoms. The highest BCUT2D eigenvalue weighted by atomic mass is 16.5. The maximum absolute atomic E-state index is 10.4. The number of benzene rings is 1. The first kappa shape index (κ1) is 20.9. The van der Waals surface area contributed by atoms with Gasteiger partial charge in [0.15, 0.2) is 0 Å². The van der Waals surface area contributed by atoms with E-state index in [9.17, 15) is 5.11 Å². The first-order valence-corrected chi connectivity index (χ1v) is 10.4. The maximum atomic E-state index is 10.4. The molecule has 1 aromatic carbocycles. The average Bonchev–Trinajstić information content (AvgIpc) is 3.15. The van der Waals surface area contributed by atoms with E-state index in [-0.39, 0.29) is 0 Å². The van der Waals surface area contributed by atoms with E-state index in [0.717, 1.165) is 18.8 Å². The van der Waals surface area contributed by atoms with E-state index in [2.05, 4.69) is 39.9 Å². The average molecular weight is 387 g/mol. The van der Waals surface area contributed by atoms with E-state index < -0.39 is 6.10 Å². The van der Waals surface area contributed by atoms with Crippen LogP contribution in [0.1, 0.15) is 43.4 Å². The Labute approximate surface area is 168 Å². The minimum absolute atomic E-state index is 0.383. The number of aliphatic hydroxyl groups excluding tert-OH is 1. The molecule has 1 atom stereocenters. The lowest BCUT2D eigenvalue weighted by molar-refractivity contribution is 0.0174. The molecule has 2 aromatic rings. The highest BCUT2D eigenvalue weighted by Gasteiger charge is 2.24. The van der Waals surface area contributed by atoms with Gasteiger partial charge in [-0.15, -0.1) is 0 Å². The summed E-state index contributed by atoms with van der Waals surface area (Å²) in [4.78, 5) is 2.46. The highest BCUT2D eigenvalue weighted by Crippen LogP contribution is 2.25. The Balaban J connectivity index is 1.72. The van der Waals surface area contributed by atoms with Crippen LogP contribution in [0.2, 0.25) is 0 Å². The Morgan fingerprint density at radius 3 is 2.71 bits per heavy atom. The lowest BCUT2D eigenvalue weighted by Crippen LogP contribution is -2.42. The predicted octanol–water partition coefficient (Wildman–Crippen LogP) is 3.69. The summed E-state index contributed by atoms with van der Waals surface area (Å²) in [6, 6.07) is 13.1. The monoisotopic (exact) mass is 386 g/mol. The van der Waals surface area contributed by atoms with Gasteiger partial charge >= 0.3 is 0 Å². The molecule has 154 valence electrons. The molecule has 0 amide bonds. The summed E-state index contributed by atoms with van der Waals surface area (Å²) in [5.41, 5.74) is 2.50. The number of nitrogens with zero attached hydrogens (tertiary/aromatic N) is 2. The van der Waals surface area contributed by atoms with Crippen LogP contribution in [0.4, 0.5) is 0 Å². The van der Waals surface area contributed by atoms with Crippen LogP contribution in [0.5, 0.6) is 5.75 Å². The van der Waals surface area contributed by atoms with Gasteiger partial charge in [-0.1, -0.05) is 31.4 Å².